The van der Waals surface area contributed by atoms with Crippen LogP contribution in [0.1, 0.15) is 29.1 Å². The molecule has 31 heavy (non-hydrogen) atoms. The molecule has 2 aromatic carbocycles. The lowest BCUT2D eigenvalue weighted by molar-refractivity contribution is -0.385. The Kier molecular flexibility index (Phi) is 6.14. The van der Waals surface area contributed by atoms with Crippen LogP contribution in [0.15, 0.2) is 42.5 Å². The number of nitrogens with zero attached hydrogens (tertiary/aromatic N) is 4. The van der Waals surface area contributed by atoms with E-state index in [-0.39, 0.29) is 30.3 Å². The number of para-hydroxylation sites is 1. The SMILES string of the molecule is C[C@H](SCc1cc([N+](=O)[O-])cc2c1OCOC2)c1nc(N)nc(Nc2ccccc2)n1. The highest BCUT2D eigenvalue weighted by atomic mass is 32.2. The molecule has 0 saturated heterocycles. The average molecular weight is 440 g/mol. The Balaban J connectivity index is 1.52. The van der Waals surface area contributed by atoms with Gasteiger partial charge in [0.1, 0.15) is 11.6 Å². The summed E-state index contributed by atoms with van der Waals surface area (Å²) < 4.78 is 10.9. The largest absolute Gasteiger partial charge is 0.467 e. The average Bonchev–Trinajstić information content (AvgIpc) is 2.77. The first-order valence-corrected chi connectivity index (χ1v) is 10.5. The quantitative estimate of drug-likeness (QED) is 0.410. The third-order valence-electron chi connectivity index (χ3n) is 4.53. The number of thioether (sulfide) groups is 1. The van der Waals surface area contributed by atoms with Crippen molar-refractivity contribution in [3.8, 4) is 5.75 Å². The minimum absolute atomic E-state index is 0.00913. The Morgan fingerprint density at radius 2 is 2.06 bits per heavy atom. The molecule has 3 aromatic rings. The zero-order chi connectivity index (χ0) is 21.8. The number of fused-ring (bicyclic) bond motifs is 1. The summed E-state index contributed by atoms with van der Waals surface area (Å²) >= 11 is 1.52. The van der Waals surface area contributed by atoms with Gasteiger partial charge in [-0.15, -0.1) is 11.8 Å². The number of nitrogen functional groups attached to an aromatic ring is 1. The monoisotopic (exact) mass is 440 g/mol. The molecule has 3 N–H and O–H groups in total. The normalized spacial score (nSPS) is 13.7. The molecule has 1 aliphatic heterocycles. The van der Waals surface area contributed by atoms with Crippen molar-refractivity contribution in [3.63, 3.8) is 0 Å². The summed E-state index contributed by atoms with van der Waals surface area (Å²) in [5, 5.41) is 14.3. The molecule has 0 aliphatic carbocycles. The molecule has 10 nitrogen and oxygen atoms in total. The lowest BCUT2D eigenvalue weighted by Crippen LogP contribution is -2.13. The van der Waals surface area contributed by atoms with Crippen LogP contribution in [0.5, 0.6) is 5.75 Å². The number of nitro groups is 1. The van der Waals surface area contributed by atoms with E-state index in [9.17, 15) is 10.1 Å². The Labute approximate surface area is 182 Å². The van der Waals surface area contributed by atoms with E-state index in [1.165, 1.54) is 23.9 Å². The second-order valence-electron chi connectivity index (χ2n) is 6.78. The maximum atomic E-state index is 11.3. The zero-order valence-electron chi connectivity index (χ0n) is 16.6. The molecule has 0 bridgehead atoms. The minimum Gasteiger partial charge on any atom is -0.467 e. The van der Waals surface area contributed by atoms with Crippen molar-refractivity contribution in [1.82, 2.24) is 15.0 Å². The van der Waals surface area contributed by atoms with Gasteiger partial charge in [-0.2, -0.15) is 15.0 Å². The second kappa shape index (κ2) is 9.14. The predicted molar refractivity (Wildman–Crippen MR) is 117 cm³/mol. The number of non-ortho nitro benzene ring substituents is 1. The first kappa shape index (κ1) is 20.8. The van der Waals surface area contributed by atoms with E-state index in [1.54, 1.807) is 0 Å². The lowest BCUT2D eigenvalue weighted by Gasteiger charge is -2.21. The lowest BCUT2D eigenvalue weighted by atomic mass is 10.1. The number of benzene rings is 2. The van der Waals surface area contributed by atoms with Gasteiger partial charge >= 0.3 is 0 Å². The zero-order valence-corrected chi connectivity index (χ0v) is 17.5. The number of hydrogen-bond donors (Lipinski definition) is 2. The first-order chi connectivity index (χ1) is 15.0. The maximum Gasteiger partial charge on any atom is 0.270 e. The predicted octanol–water partition coefficient (Wildman–Crippen LogP) is 3.97. The molecule has 0 amide bonds. The van der Waals surface area contributed by atoms with Gasteiger partial charge in [0.2, 0.25) is 11.9 Å². The van der Waals surface area contributed by atoms with Crippen LogP contribution >= 0.6 is 11.8 Å². The first-order valence-electron chi connectivity index (χ1n) is 9.45. The van der Waals surface area contributed by atoms with E-state index in [4.69, 9.17) is 15.2 Å². The van der Waals surface area contributed by atoms with Crippen LogP contribution < -0.4 is 15.8 Å². The summed E-state index contributed by atoms with van der Waals surface area (Å²) in [6.07, 6.45) is 0. The fraction of sp³-hybridized carbons (Fsp3) is 0.250. The molecule has 0 unspecified atom stereocenters. The maximum absolute atomic E-state index is 11.3. The molecule has 160 valence electrons. The van der Waals surface area contributed by atoms with Gasteiger partial charge in [-0.05, 0) is 19.1 Å². The molecule has 0 radical (unpaired) electrons. The highest BCUT2D eigenvalue weighted by molar-refractivity contribution is 7.98. The van der Waals surface area contributed by atoms with Crippen molar-refractivity contribution in [1.29, 1.82) is 0 Å². The Bertz CT molecular complexity index is 1100. The summed E-state index contributed by atoms with van der Waals surface area (Å²) in [7, 11) is 0. The van der Waals surface area contributed by atoms with Crippen molar-refractivity contribution in [2.75, 3.05) is 17.8 Å². The van der Waals surface area contributed by atoms with Gasteiger partial charge in [0.15, 0.2) is 6.79 Å². The number of hydrogen-bond acceptors (Lipinski definition) is 10. The smallest absolute Gasteiger partial charge is 0.270 e. The van der Waals surface area contributed by atoms with Gasteiger partial charge in [0.05, 0.1) is 16.8 Å². The summed E-state index contributed by atoms with van der Waals surface area (Å²) in [5.74, 6) is 2.09. The molecule has 4 rings (SSSR count). The number of rotatable bonds is 7. The van der Waals surface area contributed by atoms with Gasteiger partial charge in [-0.3, -0.25) is 10.1 Å². The fourth-order valence-corrected chi connectivity index (χ4v) is 3.98. The molecule has 1 atom stereocenters. The number of aromatic nitrogens is 3. The van der Waals surface area contributed by atoms with Crippen LogP contribution in [0.2, 0.25) is 0 Å². The number of nitrogens with two attached hydrogens (primary N) is 1. The van der Waals surface area contributed by atoms with Crippen LogP contribution in [-0.4, -0.2) is 26.7 Å². The Morgan fingerprint density at radius 1 is 1.26 bits per heavy atom. The molecule has 0 spiro atoms. The third-order valence-corrected chi connectivity index (χ3v) is 5.72. The fourth-order valence-electron chi connectivity index (χ4n) is 3.08. The summed E-state index contributed by atoms with van der Waals surface area (Å²) in [5.41, 5.74) is 8.13. The van der Waals surface area contributed by atoms with Crippen LogP contribution in [0.3, 0.4) is 0 Å². The molecule has 1 aromatic heterocycles. The van der Waals surface area contributed by atoms with E-state index in [0.29, 0.717) is 28.8 Å². The number of nitrogens with one attached hydrogen (secondary N) is 1. The summed E-state index contributed by atoms with van der Waals surface area (Å²) in [6, 6.07) is 12.5. The van der Waals surface area contributed by atoms with Crippen molar-refractivity contribution in [2.45, 2.75) is 24.5 Å². The Hall–Kier alpha value is -3.44. The summed E-state index contributed by atoms with van der Waals surface area (Å²) in [4.78, 5) is 23.8. The van der Waals surface area contributed by atoms with Gasteiger partial charge < -0.3 is 20.5 Å². The highest BCUT2D eigenvalue weighted by Gasteiger charge is 2.22. The molecule has 1 aliphatic rings. The third kappa shape index (κ3) is 5.01. The number of ether oxygens (including phenoxy) is 2. The molecular formula is C20H20N6O4S. The minimum atomic E-state index is -0.416. The van der Waals surface area contributed by atoms with Gasteiger partial charge in [0, 0.05) is 34.7 Å². The van der Waals surface area contributed by atoms with Gasteiger partial charge in [-0.25, -0.2) is 0 Å². The second-order valence-corrected chi connectivity index (χ2v) is 8.11. The topological polar surface area (TPSA) is 138 Å². The van der Waals surface area contributed by atoms with E-state index >= 15 is 0 Å². The van der Waals surface area contributed by atoms with E-state index in [2.05, 4.69) is 20.3 Å². The highest BCUT2D eigenvalue weighted by Crippen LogP contribution is 2.38. The molecule has 0 saturated carbocycles. The number of nitro benzene ring substituents is 1. The van der Waals surface area contributed by atoms with Crippen molar-refractivity contribution in [3.05, 3.63) is 69.5 Å². The molecular weight excluding hydrogens is 420 g/mol. The molecule has 11 heteroatoms. The standard InChI is InChI=1S/C20H20N6O4S/c1-12(18-23-19(21)25-20(24-18)22-15-5-3-2-4-6-15)31-10-14-8-16(26(27)28)7-13-9-29-11-30-17(13)14/h2-8,12H,9-11H2,1H3,(H3,21,22,23,24,25)/t12-/m0/s1. The van der Waals surface area contributed by atoms with Crippen LogP contribution in [0.4, 0.5) is 23.3 Å². The Morgan fingerprint density at radius 3 is 2.84 bits per heavy atom. The van der Waals surface area contributed by atoms with Crippen molar-refractivity contribution >= 4 is 35.0 Å². The van der Waals surface area contributed by atoms with E-state index in [1.807, 2.05) is 37.3 Å². The van der Waals surface area contributed by atoms with Crippen molar-refractivity contribution in [2.24, 2.45) is 0 Å². The van der Waals surface area contributed by atoms with Crippen molar-refractivity contribution < 1.29 is 14.4 Å². The molecule has 0 fully saturated rings. The summed E-state index contributed by atoms with van der Waals surface area (Å²) in [6.45, 7) is 2.35. The van der Waals surface area contributed by atoms with E-state index in [0.717, 1.165) is 11.3 Å². The van der Waals surface area contributed by atoms with Gasteiger partial charge in [-0.1, -0.05) is 18.2 Å². The van der Waals surface area contributed by atoms with Gasteiger partial charge in [0.25, 0.3) is 5.69 Å². The van der Waals surface area contributed by atoms with Crippen LogP contribution in [0.25, 0.3) is 0 Å². The number of anilines is 3. The molecule has 2 heterocycles. The van der Waals surface area contributed by atoms with Crippen LogP contribution in [-0.2, 0) is 17.1 Å². The van der Waals surface area contributed by atoms with Crippen LogP contribution in [0, 0.1) is 10.1 Å². The van der Waals surface area contributed by atoms with E-state index < -0.39 is 4.92 Å².